The summed E-state index contributed by atoms with van der Waals surface area (Å²) in [5.41, 5.74) is 3.80. The standard InChI is InChI=1S/C39H52N6O6/c1-26-21-27(22-34-36(26)50-20-19-49-34)23-35(37(46)43-17-15-42(16-18-43)32-24-30-7-8-31(25-32)41(30)2)51-39(48)44-12-10-29(11-13-44)45-14-9-28-5-3-4-6-33(28)40-38(45)47/h3-6,21-22,29-32,35H,7-20,23-25H2,1-2H3,(H,40,47)/t30?,31?,32?,35-/m1/s1. The second kappa shape index (κ2) is 14.5. The number of anilines is 1. The normalized spacial score (nSPS) is 26.3. The largest absolute Gasteiger partial charge is 0.486 e. The van der Waals surface area contributed by atoms with Crippen molar-refractivity contribution in [2.45, 2.75) is 88.6 Å². The monoisotopic (exact) mass is 700 g/mol. The van der Waals surface area contributed by atoms with Crippen molar-refractivity contribution in [3.8, 4) is 11.5 Å². The molecule has 1 N–H and O–H groups in total. The summed E-state index contributed by atoms with van der Waals surface area (Å²) < 4.78 is 17.9. The zero-order valence-electron chi connectivity index (χ0n) is 30.1. The Morgan fingerprint density at radius 3 is 2.35 bits per heavy atom. The maximum Gasteiger partial charge on any atom is 0.410 e. The number of amides is 4. The Bertz CT molecular complexity index is 1610. The number of benzene rings is 2. The van der Waals surface area contributed by atoms with Crippen LogP contribution in [0.5, 0.6) is 11.5 Å². The first-order chi connectivity index (χ1) is 24.8. The van der Waals surface area contributed by atoms with Gasteiger partial charge >= 0.3 is 12.1 Å². The van der Waals surface area contributed by atoms with Gasteiger partial charge in [-0.1, -0.05) is 24.3 Å². The molecule has 0 aromatic heterocycles. The first kappa shape index (κ1) is 34.1. The number of nitrogens with one attached hydrogen (secondary N) is 1. The Kier molecular flexibility index (Phi) is 9.71. The van der Waals surface area contributed by atoms with Crippen LogP contribution in [0.4, 0.5) is 15.3 Å². The fourth-order valence-corrected chi connectivity index (χ4v) is 9.40. The van der Waals surface area contributed by atoms with Crippen LogP contribution in [0, 0.1) is 6.92 Å². The minimum atomic E-state index is -0.960. The lowest BCUT2D eigenvalue weighted by Gasteiger charge is -2.45. The third kappa shape index (κ3) is 7.09. The molecule has 4 saturated heterocycles. The number of fused-ring (bicyclic) bond motifs is 4. The Hall–Kier alpha value is -4.03. The van der Waals surface area contributed by atoms with Crippen LogP contribution in [0.25, 0.3) is 0 Å². The van der Waals surface area contributed by atoms with Crippen molar-refractivity contribution in [2.24, 2.45) is 0 Å². The number of nitrogens with zero attached hydrogens (tertiary/aromatic N) is 5. The van der Waals surface area contributed by atoms with Crippen LogP contribution in [-0.2, 0) is 22.4 Å². The van der Waals surface area contributed by atoms with E-state index in [1.54, 1.807) is 4.90 Å². The van der Waals surface area contributed by atoms with E-state index < -0.39 is 12.2 Å². The molecule has 8 rings (SSSR count). The van der Waals surface area contributed by atoms with Crippen LogP contribution in [0.3, 0.4) is 0 Å². The lowest BCUT2D eigenvalue weighted by Crippen LogP contribution is -2.57. The van der Waals surface area contributed by atoms with Crippen LogP contribution >= 0.6 is 0 Å². The van der Waals surface area contributed by atoms with Gasteiger partial charge in [0.25, 0.3) is 5.91 Å². The Morgan fingerprint density at radius 2 is 1.59 bits per heavy atom. The predicted molar refractivity (Wildman–Crippen MR) is 192 cm³/mol. The molecule has 6 aliphatic rings. The van der Waals surface area contributed by atoms with Gasteiger partial charge in [0.2, 0.25) is 0 Å². The first-order valence-corrected chi connectivity index (χ1v) is 19.1. The van der Waals surface area contributed by atoms with E-state index in [0.29, 0.717) is 82.7 Å². The highest BCUT2D eigenvalue weighted by molar-refractivity contribution is 5.91. The molecule has 2 bridgehead atoms. The van der Waals surface area contributed by atoms with Gasteiger partial charge < -0.3 is 39.1 Å². The van der Waals surface area contributed by atoms with Crippen LogP contribution in [0.2, 0.25) is 0 Å². The number of ether oxygens (including phenoxy) is 3. The van der Waals surface area contributed by atoms with Gasteiger partial charge in [-0.2, -0.15) is 0 Å². The molecule has 0 spiro atoms. The second-order valence-corrected chi connectivity index (χ2v) is 15.3. The van der Waals surface area contributed by atoms with Crippen molar-refractivity contribution in [1.82, 2.24) is 24.5 Å². The summed E-state index contributed by atoms with van der Waals surface area (Å²) in [5, 5.41) is 3.07. The molecule has 0 aliphatic carbocycles. The van der Waals surface area contributed by atoms with E-state index in [0.717, 1.165) is 47.6 Å². The van der Waals surface area contributed by atoms with Crippen molar-refractivity contribution >= 4 is 23.7 Å². The molecule has 6 heterocycles. The summed E-state index contributed by atoms with van der Waals surface area (Å²) in [7, 11) is 2.27. The van der Waals surface area contributed by atoms with Gasteiger partial charge in [-0.3, -0.25) is 9.69 Å². The van der Waals surface area contributed by atoms with Crippen LogP contribution in [0.1, 0.15) is 55.2 Å². The number of carbonyl (C=O) groups excluding carboxylic acids is 3. The maximum absolute atomic E-state index is 14.3. The maximum atomic E-state index is 14.3. The second-order valence-electron chi connectivity index (χ2n) is 15.3. The SMILES string of the molecule is Cc1cc(C[C@@H](OC(=O)N2CCC(N3CCc4ccccc4NC3=O)CC2)C(=O)N2CCN(C3CC4CCC(C3)N4C)CC2)cc2c1OCCO2. The summed E-state index contributed by atoms with van der Waals surface area (Å²) in [6.45, 7) is 7.43. The summed E-state index contributed by atoms with van der Waals surface area (Å²) in [4.78, 5) is 51.8. The summed E-state index contributed by atoms with van der Waals surface area (Å²) in [5.74, 6) is 1.25. The lowest BCUT2D eigenvalue weighted by molar-refractivity contribution is -0.143. The lowest BCUT2D eigenvalue weighted by atomic mass is 9.96. The minimum absolute atomic E-state index is 0.0255. The minimum Gasteiger partial charge on any atom is -0.486 e. The van der Waals surface area contributed by atoms with Crippen molar-refractivity contribution in [2.75, 3.05) is 71.4 Å². The smallest absolute Gasteiger partial charge is 0.410 e. The summed E-state index contributed by atoms with van der Waals surface area (Å²) in [6.07, 6.45) is 5.91. The third-order valence-corrected chi connectivity index (χ3v) is 12.3. The van der Waals surface area contributed by atoms with E-state index in [4.69, 9.17) is 14.2 Å². The van der Waals surface area contributed by atoms with Crippen LogP contribution in [0.15, 0.2) is 36.4 Å². The van der Waals surface area contributed by atoms with Gasteiger partial charge in [0, 0.05) is 82.1 Å². The van der Waals surface area contributed by atoms with Gasteiger partial charge in [0.1, 0.15) is 13.2 Å². The molecule has 274 valence electrons. The first-order valence-electron chi connectivity index (χ1n) is 19.1. The molecule has 51 heavy (non-hydrogen) atoms. The molecule has 3 atom stereocenters. The van der Waals surface area contributed by atoms with Crippen molar-refractivity contribution in [1.29, 1.82) is 0 Å². The van der Waals surface area contributed by atoms with Gasteiger partial charge in [-0.05, 0) is 87.7 Å². The molecular formula is C39H52N6O6. The average molecular weight is 701 g/mol. The molecule has 12 nitrogen and oxygen atoms in total. The Balaban J connectivity index is 0.917. The van der Waals surface area contributed by atoms with Crippen LogP contribution in [-0.4, -0.2) is 139 Å². The Morgan fingerprint density at radius 1 is 0.863 bits per heavy atom. The molecule has 4 fully saturated rings. The highest BCUT2D eigenvalue weighted by Gasteiger charge is 2.42. The number of carbonyl (C=O) groups is 3. The molecule has 0 radical (unpaired) electrons. The number of piperidine rings is 2. The molecule has 12 heteroatoms. The van der Waals surface area contributed by atoms with E-state index in [-0.39, 0.29) is 24.4 Å². The number of urea groups is 1. The highest BCUT2D eigenvalue weighted by atomic mass is 16.6. The number of likely N-dealkylation sites (tertiary alicyclic amines) is 1. The number of hydrogen-bond acceptors (Lipinski definition) is 8. The quantitative estimate of drug-likeness (QED) is 0.480. The molecule has 2 aromatic carbocycles. The number of aryl methyl sites for hydroxylation is 1. The predicted octanol–water partition coefficient (Wildman–Crippen LogP) is 4.14. The number of piperazine rings is 1. The third-order valence-electron chi connectivity index (χ3n) is 12.3. The summed E-state index contributed by atoms with van der Waals surface area (Å²) in [6, 6.07) is 13.7. The van der Waals surface area contributed by atoms with Crippen LogP contribution < -0.4 is 14.8 Å². The average Bonchev–Trinajstić information content (AvgIpc) is 3.29. The van der Waals surface area contributed by atoms with Crippen molar-refractivity contribution in [3.63, 3.8) is 0 Å². The van der Waals surface area contributed by atoms with Gasteiger partial charge in [0.05, 0.1) is 0 Å². The number of rotatable bonds is 6. The Labute approximate surface area is 300 Å². The fourth-order valence-electron chi connectivity index (χ4n) is 9.40. The molecule has 2 unspecified atom stereocenters. The molecule has 6 aliphatic heterocycles. The number of para-hydroxylation sites is 1. The van der Waals surface area contributed by atoms with Crippen molar-refractivity contribution < 1.29 is 28.6 Å². The van der Waals surface area contributed by atoms with E-state index >= 15 is 0 Å². The molecular weight excluding hydrogens is 648 g/mol. The zero-order chi connectivity index (χ0) is 35.1. The zero-order valence-corrected chi connectivity index (χ0v) is 30.1. The van der Waals surface area contributed by atoms with Gasteiger partial charge in [-0.15, -0.1) is 0 Å². The number of hydrogen-bond donors (Lipinski definition) is 1. The topological polar surface area (TPSA) is 107 Å². The highest BCUT2D eigenvalue weighted by Crippen LogP contribution is 2.37. The van der Waals surface area contributed by atoms with Gasteiger partial charge in [0.15, 0.2) is 17.6 Å². The molecule has 0 saturated carbocycles. The van der Waals surface area contributed by atoms with Gasteiger partial charge in [-0.25, -0.2) is 9.59 Å². The summed E-state index contributed by atoms with van der Waals surface area (Å²) >= 11 is 0. The fraction of sp³-hybridized carbons (Fsp3) is 0.615. The molecule has 2 aromatic rings. The van der Waals surface area contributed by atoms with E-state index in [9.17, 15) is 14.4 Å². The van der Waals surface area contributed by atoms with E-state index in [1.165, 1.54) is 25.7 Å². The van der Waals surface area contributed by atoms with Crippen molar-refractivity contribution in [3.05, 3.63) is 53.1 Å². The molecule has 4 amide bonds. The van der Waals surface area contributed by atoms with E-state index in [1.807, 2.05) is 47.1 Å². The van der Waals surface area contributed by atoms with E-state index in [2.05, 4.69) is 28.2 Å².